The van der Waals surface area contributed by atoms with Crippen LogP contribution in [0.3, 0.4) is 0 Å². The highest BCUT2D eigenvalue weighted by Crippen LogP contribution is 2.36. The number of quaternary nitrogens is 1. The van der Waals surface area contributed by atoms with Crippen LogP contribution < -0.4 is 14.0 Å². The van der Waals surface area contributed by atoms with Gasteiger partial charge in [0.2, 0.25) is 0 Å². The van der Waals surface area contributed by atoms with Crippen LogP contribution in [-0.4, -0.2) is 49.6 Å². The minimum atomic E-state index is -1.05. The molecular weight excluding hydrogens is 532 g/mol. The maximum absolute atomic E-state index is 14.2. The molecule has 0 bridgehead atoms. The topological polar surface area (TPSA) is 80.5 Å². The third kappa shape index (κ3) is 7.32. The molecule has 0 radical (unpaired) electrons. The summed E-state index contributed by atoms with van der Waals surface area (Å²) >= 11 is 17.9. The van der Waals surface area contributed by atoms with Gasteiger partial charge in [-0.25, -0.2) is 13.7 Å². The van der Waals surface area contributed by atoms with Crippen molar-refractivity contribution < 1.29 is 23.8 Å². The highest BCUT2D eigenvalue weighted by molar-refractivity contribution is 6.35. The number of ether oxygens (including phenoxy) is 2. The van der Waals surface area contributed by atoms with Gasteiger partial charge in [-0.1, -0.05) is 42.5 Å². The van der Waals surface area contributed by atoms with Crippen molar-refractivity contribution in [2.24, 2.45) is 15.9 Å². The summed E-state index contributed by atoms with van der Waals surface area (Å²) in [6.07, 6.45) is 9.41. The van der Waals surface area contributed by atoms with Gasteiger partial charge in [0.15, 0.2) is 24.5 Å². The zero-order valence-electron chi connectivity index (χ0n) is 19.7. The van der Waals surface area contributed by atoms with Crippen molar-refractivity contribution in [3.05, 3.63) is 52.3 Å². The molecule has 0 spiro atoms. The van der Waals surface area contributed by atoms with E-state index in [4.69, 9.17) is 49.4 Å². The maximum atomic E-state index is 14.2. The number of halogens is 4. The Balaban J connectivity index is 0.000000236. The van der Waals surface area contributed by atoms with Gasteiger partial charge in [0.1, 0.15) is 17.8 Å². The number of aliphatic imine (C=N–C) groups is 2. The fourth-order valence-corrected chi connectivity index (χ4v) is 5.04. The normalized spacial score (nSPS) is 21.4. The molecule has 0 saturated heterocycles. The van der Waals surface area contributed by atoms with E-state index in [1.54, 1.807) is 18.5 Å². The van der Waals surface area contributed by atoms with Crippen LogP contribution in [0.25, 0.3) is 0 Å². The van der Waals surface area contributed by atoms with Crippen molar-refractivity contribution in [2.45, 2.75) is 37.7 Å². The predicted octanol–water partition coefficient (Wildman–Crippen LogP) is 6.77. The molecule has 2 aliphatic rings. The monoisotopic (exact) mass is 558 g/mol. The SMILES string of the molecule is COc1ccc([N+]2(CC3CCCCC3)C=NC=NC2Cl)cc1F.O=C(O)COc1ccc(Cl)cc1Cl. The van der Waals surface area contributed by atoms with E-state index in [1.165, 1.54) is 63.8 Å². The number of hydrogen-bond donors (Lipinski definition) is 1. The summed E-state index contributed by atoms with van der Waals surface area (Å²) in [5.41, 5.74) is 0.233. The number of nitrogens with zero attached hydrogens (tertiary/aromatic N) is 3. The first-order valence-electron chi connectivity index (χ1n) is 11.5. The van der Waals surface area contributed by atoms with Crippen LogP contribution in [0.2, 0.25) is 10.0 Å². The first-order chi connectivity index (χ1) is 17.2. The molecule has 2 atom stereocenters. The van der Waals surface area contributed by atoms with E-state index in [2.05, 4.69) is 9.98 Å². The minimum absolute atomic E-state index is 0.230. The first-order valence-corrected chi connectivity index (χ1v) is 12.7. The number of carboxylic acids is 1. The summed E-state index contributed by atoms with van der Waals surface area (Å²) < 4.78 is 24.4. The van der Waals surface area contributed by atoms with Crippen molar-refractivity contribution in [3.8, 4) is 11.5 Å². The number of carboxylic acid groups (broad SMARTS) is 1. The zero-order valence-corrected chi connectivity index (χ0v) is 22.0. The Bertz CT molecular complexity index is 1110. The van der Waals surface area contributed by atoms with E-state index < -0.39 is 24.0 Å². The average molecular weight is 560 g/mol. The second kappa shape index (κ2) is 13.2. The van der Waals surface area contributed by atoms with Gasteiger partial charge in [0, 0.05) is 23.1 Å². The first kappa shape index (κ1) is 28.2. The van der Waals surface area contributed by atoms with E-state index in [-0.39, 0.29) is 10.2 Å². The Hall–Kier alpha value is -2.39. The molecule has 1 aliphatic heterocycles. The molecule has 36 heavy (non-hydrogen) atoms. The minimum Gasteiger partial charge on any atom is -0.494 e. The molecule has 0 aromatic heterocycles. The zero-order chi connectivity index (χ0) is 26.1. The van der Waals surface area contributed by atoms with Gasteiger partial charge in [0.25, 0.3) is 5.62 Å². The van der Waals surface area contributed by atoms with Crippen LogP contribution in [0.1, 0.15) is 32.1 Å². The summed E-state index contributed by atoms with van der Waals surface area (Å²) in [5, 5.41) is 9.11. The van der Waals surface area contributed by atoms with Gasteiger partial charge in [0.05, 0.1) is 18.7 Å². The second-order valence-electron chi connectivity index (χ2n) is 8.53. The van der Waals surface area contributed by atoms with Crippen molar-refractivity contribution in [1.82, 2.24) is 4.48 Å². The van der Waals surface area contributed by atoms with Crippen LogP contribution in [-0.2, 0) is 4.79 Å². The van der Waals surface area contributed by atoms with Crippen LogP contribution in [0.15, 0.2) is 46.4 Å². The molecule has 2 unspecified atom stereocenters. The lowest BCUT2D eigenvalue weighted by molar-refractivity contribution is -0.139. The maximum Gasteiger partial charge on any atom is 0.341 e. The number of hydrogen-bond acceptors (Lipinski definition) is 5. The molecule has 2 aromatic carbocycles. The van der Waals surface area contributed by atoms with Crippen LogP contribution >= 0.6 is 34.8 Å². The highest BCUT2D eigenvalue weighted by Gasteiger charge is 2.41. The summed E-state index contributed by atoms with van der Waals surface area (Å²) in [7, 11) is 1.46. The largest absolute Gasteiger partial charge is 0.494 e. The molecule has 7 nitrogen and oxygen atoms in total. The van der Waals surface area contributed by atoms with Gasteiger partial charge in [-0.3, -0.25) is 0 Å². The lowest BCUT2D eigenvalue weighted by Gasteiger charge is -2.39. The van der Waals surface area contributed by atoms with E-state index in [9.17, 15) is 9.18 Å². The van der Waals surface area contributed by atoms with E-state index >= 15 is 0 Å². The lowest BCUT2D eigenvalue weighted by Crippen LogP contribution is -2.56. The molecule has 4 rings (SSSR count). The number of methoxy groups -OCH3 is 1. The Kier molecular flexibility index (Phi) is 10.4. The van der Waals surface area contributed by atoms with Gasteiger partial charge in [-0.2, -0.15) is 9.98 Å². The summed E-state index contributed by atoms with van der Waals surface area (Å²) in [5.74, 6) is -0.347. The number of carbonyl (C=O) groups is 1. The molecule has 1 heterocycles. The molecule has 194 valence electrons. The average Bonchev–Trinajstić information content (AvgIpc) is 2.86. The highest BCUT2D eigenvalue weighted by atomic mass is 35.5. The van der Waals surface area contributed by atoms with Crippen LogP contribution in [0.5, 0.6) is 11.5 Å². The van der Waals surface area contributed by atoms with Gasteiger partial charge in [-0.05, 0) is 48.7 Å². The summed E-state index contributed by atoms with van der Waals surface area (Å²) in [6, 6.07) is 9.57. The number of rotatable bonds is 7. The molecule has 1 saturated carbocycles. The molecule has 1 aliphatic carbocycles. The Morgan fingerprint density at radius 1 is 1.14 bits per heavy atom. The van der Waals surface area contributed by atoms with Crippen molar-refractivity contribution >= 4 is 59.1 Å². The lowest BCUT2D eigenvalue weighted by atomic mass is 9.88. The fraction of sp³-hybridized carbons (Fsp3) is 0.400. The Labute approximate surface area is 224 Å². The standard InChI is InChI=1S/C17H22ClFN3O.C8H6Cl2O3/c1-23-16-8-7-14(9-15(16)19)22(12-20-11-21-17(22)18)10-13-5-3-2-4-6-13;9-5-1-2-7(6(10)3-5)13-4-8(11)12/h7-9,11-13,17H,2-6,10H2,1H3;1-3H,4H2,(H,11,12)/q+1;. The van der Waals surface area contributed by atoms with Crippen molar-refractivity contribution in [3.63, 3.8) is 0 Å². The summed E-state index contributed by atoms with van der Waals surface area (Å²) in [4.78, 5) is 18.6. The third-order valence-corrected chi connectivity index (χ3v) is 7.05. The number of aliphatic carboxylic acids is 1. The van der Waals surface area contributed by atoms with Crippen molar-refractivity contribution in [1.29, 1.82) is 0 Å². The van der Waals surface area contributed by atoms with Crippen LogP contribution in [0, 0.1) is 11.7 Å². The third-order valence-electron chi connectivity index (χ3n) is 6.06. The Morgan fingerprint density at radius 3 is 2.47 bits per heavy atom. The van der Waals surface area contributed by atoms with Gasteiger partial charge >= 0.3 is 5.97 Å². The van der Waals surface area contributed by atoms with E-state index in [0.717, 1.165) is 12.2 Å². The smallest absolute Gasteiger partial charge is 0.341 e. The quantitative estimate of drug-likeness (QED) is 0.231. The van der Waals surface area contributed by atoms with Crippen LogP contribution in [0.4, 0.5) is 10.1 Å². The second-order valence-corrected chi connectivity index (χ2v) is 9.77. The molecule has 11 heteroatoms. The van der Waals surface area contributed by atoms with Gasteiger partial charge in [-0.15, -0.1) is 0 Å². The fourth-order valence-electron chi connectivity index (χ4n) is 4.29. The van der Waals surface area contributed by atoms with E-state index in [1.807, 2.05) is 6.07 Å². The molecular formula is C25H28Cl3FN3O4+. The molecule has 0 amide bonds. The van der Waals surface area contributed by atoms with Gasteiger partial charge < -0.3 is 14.6 Å². The summed E-state index contributed by atoms with van der Waals surface area (Å²) in [6.45, 7) is 0.377. The molecule has 1 N–H and O–H groups in total. The number of benzene rings is 2. The molecule has 2 aromatic rings. The Morgan fingerprint density at radius 2 is 1.86 bits per heavy atom. The predicted molar refractivity (Wildman–Crippen MR) is 142 cm³/mol. The number of alkyl halides is 1. The van der Waals surface area contributed by atoms with Crippen molar-refractivity contribution in [2.75, 3.05) is 20.3 Å². The van der Waals surface area contributed by atoms with E-state index in [0.29, 0.717) is 21.7 Å². The molecule has 1 fully saturated rings.